The Morgan fingerprint density at radius 3 is 2.48 bits per heavy atom. The number of anilines is 1. The second-order valence-corrected chi connectivity index (χ2v) is 7.05. The van der Waals surface area contributed by atoms with Crippen molar-refractivity contribution in [1.82, 2.24) is 0 Å². The van der Waals surface area contributed by atoms with Crippen molar-refractivity contribution in [1.29, 1.82) is 0 Å². The number of rotatable bonds is 1. The molecule has 3 atom stereocenters. The number of benzene rings is 2. The van der Waals surface area contributed by atoms with Crippen LogP contribution < -0.4 is 5.32 Å². The van der Waals surface area contributed by atoms with Gasteiger partial charge in [0.05, 0.1) is 11.6 Å². The van der Waals surface area contributed by atoms with E-state index in [1.807, 2.05) is 13.0 Å². The Morgan fingerprint density at radius 1 is 1.00 bits per heavy atom. The minimum Gasteiger partial charge on any atom is -0.377 e. The van der Waals surface area contributed by atoms with Gasteiger partial charge in [-0.3, -0.25) is 0 Å². The number of hydrogen-bond donors (Lipinski definition) is 1. The maximum atomic E-state index is 13.5. The SMILES string of the molecule is Cc1ccc(C)c2c1N[C@H](c1ccccc1C(F)(F)F)[C@H]1CC=C[C@H]21. The molecule has 1 nitrogen and oxygen atoms in total. The zero-order valence-corrected chi connectivity index (χ0v) is 14.2. The maximum Gasteiger partial charge on any atom is 0.416 e. The van der Waals surface area contributed by atoms with Gasteiger partial charge in [0.15, 0.2) is 0 Å². The highest BCUT2D eigenvalue weighted by atomic mass is 19.4. The number of halogens is 3. The van der Waals surface area contributed by atoms with Crippen LogP contribution in [0.15, 0.2) is 48.6 Å². The van der Waals surface area contributed by atoms with Gasteiger partial charge in [-0.15, -0.1) is 0 Å². The van der Waals surface area contributed by atoms with Crippen LogP contribution in [0.1, 0.15) is 46.2 Å². The van der Waals surface area contributed by atoms with Crippen molar-refractivity contribution in [3.63, 3.8) is 0 Å². The molecule has 0 amide bonds. The average molecular weight is 343 g/mol. The minimum absolute atomic E-state index is 0.108. The summed E-state index contributed by atoms with van der Waals surface area (Å²) in [5.74, 6) is 0.277. The van der Waals surface area contributed by atoms with Crippen LogP contribution >= 0.6 is 0 Å². The highest BCUT2D eigenvalue weighted by Crippen LogP contribution is 2.53. The molecule has 0 saturated heterocycles. The summed E-state index contributed by atoms with van der Waals surface area (Å²) in [5.41, 5.74) is 4.31. The molecule has 0 radical (unpaired) electrons. The summed E-state index contributed by atoms with van der Waals surface area (Å²) in [4.78, 5) is 0. The molecule has 25 heavy (non-hydrogen) atoms. The first-order valence-electron chi connectivity index (χ1n) is 8.57. The third kappa shape index (κ3) is 2.55. The maximum absolute atomic E-state index is 13.5. The number of nitrogens with one attached hydrogen (secondary N) is 1. The summed E-state index contributed by atoms with van der Waals surface area (Å²) >= 11 is 0. The van der Waals surface area contributed by atoms with E-state index in [2.05, 4.69) is 30.5 Å². The Labute approximate surface area is 145 Å². The quantitative estimate of drug-likeness (QED) is 0.613. The largest absolute Gasteiger partial charge is 0.416 e. The number of aryl methyl sites for hydroxylation is 2. The fraction of sp³-hybridized carbons (Fsp3) is 0.333. The molecule has 0 aromatic heterocycles. The van der Waals surface area contributed by atoms with E-state index in [-0.39, 0.29) is 17.9 Å². The van der Waals surface area contributed by atoms with Crippen molar-refractivity contribution in [2.45, 2.75) is 38.4 Å². The molecule has 0 unspecified atom stereocenters. The van der Waals surface area contributed by atoms with Crippen LogP contribution in [0.2, 0.25) is 0 Å². The van der Waals surface area contributed by atoms with Crippen LogP contribution in [0.4, 0.5) is 18.9 Å². The average Bonchev–Trinajstić information content (AvgIpc) is 3.06. The van der Waals surface area contributed by atoms with Crippen molar-refractivity contribution in [3.8, 4) is 0 Å². The Hall–Kier alpha value is -2.23. The lowest BCUT2D eigenvalue weighted by molar-refractivity contribution is -0.138. The van der Waals surface area contributed by atoms with E-state index in [9.17, 15) is 13.2 Å². The second-order valence-electron chi connectivity index (χ2n) is 7.05. The van der Waals surface area contributed by atoms with E-state index in [4.69, 9.17) is 0 Å². The second kappa shape index (κ2) is 5.65. The van der Waals surface area contributed by atoms with Gasteiger partial charge in [-0.25, -0.2) is 0 Å². The first-order chi connectivity index (χ1) is 11.9. The van der Waals surface area contributed by atoms with Crippen LogP contribution in [-0.2, 0) is 6.18 Å². The lowest BCUT2D eigenvalue weighted by Gasteiger charge is -2.40. The highest BCUT2D eigenvalue weighted by Gasteiger charge is 2.43. The molecule has 2 aromatic carbocycles. The van der Waals surface area contributed by atoms with Crippen LogP contribution in [0, 0.1) is 19.8 Å². The molecule has 4 heteroatoms. The van der Waals surface area contributed by atoms with Gasteiger partial charge in [0.1, 0.15) is 0 Å². The first kappa shape index (κ1) is 16.2. The molecule has 0 saturated carbocycles. The summed E-state index contributed by atoms with van der Waals surface area (Å²) in [6.45, 7) is 4.09. The predicted octanol–water partition coefficient (Wildman–Crippen LogP) is 6.15. The Balaban J connectivity index is 1.88. The molecular weight excluding hydrogens is 323 g/mol. The van der Waals surface area contributed by atoms with Crippen LogP contribution in [0.25, 0.3) is 0 Å². The van der Waals surface area contributed by atoms with Gasteiger partial charge in [0, 0.05) is 11.6 Å². The fourth-order valence-corrected chi connectivity index (χ4v) is 4.38. The number of alkyl halides is 3. The lowest BCUT2D eigenvalue weighted by Crippen LogP contribution is -2.31. The summed E-state index contributed by atoms with van der Waals surface area (Å²) < 4.78 is 40.6. The third-order valence-corrected chi connectivity index (χ3v) is 5.55. The number of hydrogen-bond acceptors (Lipinski definition) is 1. The van der Waals surface area contributed by atoms with Crippen molar-refractivity contribution >= 4 is 5.69 Å². The van der Waals surface area contributed by atoms with E-state index in [0.717, 1.165) is 17.7 Å². The van der Waals surface area contributed by atoms with Crippen LogP contribution in [0.5, 0.6) is 0 Å². The van der Waals surface area contributed by atoms with Gasteiger partial charge in [0.2, 0.25) is 0 Å². The molecule has 4 rings (SSSR count). The van der Waals surface area contributed by atoms with Gasteiger partial charge >= 0.3 is 6.18 Å². The summed E-state index contributed by atoms with van der Waals surface area (Å²) in [6, 6.07) is 9.76. The molecular formula is C21H20F3N. The highest BCUT2D eigenvalue weighted by molar-refractivity contribution is 5.66. The van der Waals surface area contributed by atoms with Crippen molar-refractivity contribution in [2.75, 3.05) is 5.32 Å². The number of fused-ring (bicyclic) bond motifs is 3. The zero-order valence-electron chi connectivity index (χ0n) is 14.2. The van der Waals surface area contributed by atoms with Gasteiger partial charge in [-0.05, 0) is 54.5 Å². The molecule has 1 aliphatic heterocycles. The van der Waals surface area contributed by atoms with Gasteiger partial charge in [0.25, 0.3) is 0 Å². The molecule has 2 aromatic rings. The van der Waals surface area contributed by atoms with E-state index in [0.29, 0.717) is 5.56 Å². The minimum atomic E-state index is -4.35. The van der Waals surface area contributed by atoms with E-state index in [1.54, 1.807) is 12.1 Å². The standard InChI is InChI=1S/C21H20F3N/c1-12-10-11-13(2)19-18(12)14-7-5-8-15(14)20(25-19)16-6-3-4-9-17(16)21(22,23)24/h3-7,9-11,14-15,20,25H,8H2,1-2H3/t14-,15-,20-/m0/s1. The fourth-order valence-electron chi connectivity index (χ4n) is 4.38. The van der Waals surface area contributed by atoms with Crippen molar-refractivity contribution < 1.29 is 13.2 Å². The predicted molar refractivity (Wildman–Crippen MR) is 93.7 cm³/mol. The molecule has 0 bridgehead atoms. The van der Waals surface area contributed by atoms with Crippen molar-refractivity contribution in [3.05, 3.63) is 76.4 Å². The van der Waals surface area contributed by atoms with Crippen molar-refractivity contribution in [2.24, 2.45) is 5.92 Å². The first-order valence-corrected chi connectivity index (χ1v) is 8.57. The number of allylic oxidation sites excluding steroid dienone is 2. The van der Waals surface area contributed by atoms with Crippen LogP contribution in [0.3, 0.4) is 0 Å². The molecule has 2 aliphatic rings. The molecule has 1 heterocycles. The Morgan fingerprint density at radius 2 is 1.72 bits per heavy atom. The Bertz CT molecular complexity index is 851. The topological polar surface area (TPSA) is 12.0 Å². The van der Waals surface area contributed by atoms with Crippen LogP contribution in [-0.4, -0.2) is 0 Å². The van der Waals surface area contributed by atoms with Gasteiger partial charge < -0.3 is 5.32 Å². The summed E-state index contributed by atoms with van der Waals surface area (Å²) in [6.07, 6.45) is 0.722. The lowest BCUT2D eigenvalue weighted by atomic mass is 9.74. The summed E-state index contributed by atoms with van der Waals surface area (Å²) in [7, 11) is 0. The molecule has 0 spiro atoms. The van der Waals surface area contributed by atoms with Gasteiger partial charge in [-0.2, -0.15) is 13.2 Å². The van der Waals surface area contributed by atoms with Gasteiger partial charge in [-0.1, -0.05) is 42.5 Å². The molecule has 1 N–H and O–H groups in total. The normalized spacial score (nSPS) is 24.6. The molecule has 0 fully saturated rings. The molecule has 1 aliphatic carbocycles. The monoisotopic (exact) mass is 343 g/mol. The smallest absolute Gasteiger partial charge is 0.377 e. The third-order valence-electron chi connectivity index (χ3n) is 5.55. The Kier molecular flexibility index (Phi) is 3.67. The van der Waals surface area contributed by atoms with E-state index >= 15 is 0 Å². The van der Waals surface area contributed by atoms with E-state index in [1.165, 1.54) is 23.3 Å². The van der Waals surface area contributed by atoms with E-state index < -0.39 is 11.7 Å². The summed E-state index contributed by atoms with van der Waals surface area (Å²) in [5, 5.41) is 3.47. The molecule has 130 valence electrons. The zero-order chi connectivity index (χ0) is 17.8.